The lowest BCUT2D eigenvalue weighted by molar-refractivity contribution is 0.298. The molecule has 15 heavy (non-hydrogen) atoms. The smallest absolute Gasteiger partial charge is 0.126 e. The summed E-state index contributed by atoms with van der Waals surface area (Å²) < 4.78 is 10.6. The molecule has 0 saturated carbocycles. The van der Waals surface area contributed by atoms with Crippen molar-refractivity contribution in [2.75, 3.05) is 13.7 Å². The maximum absolute atomic E-state index is 5.49. The fraction of sp³-hybridized carbons (Fsp3) is 0.231. The largest absolute Gasteiger partial charge is 0.497 e. The van der Waals surface area contributed by atoms with Crippen molar-refractivity contribution in [2.24, 2.45) is 0 Å². The normalized spacial score (nSPS) is 10.9. The van der Waals surface area contributed by atoms with Crippen molar-refractivity contribution in [1.82, 2.24) is 0 Å². The highest BCUT2D eigenvalue weighted by molar-refractivity contribution is 5.61. The Balaban J connectivity index is 2.91. The van der Waals surface area contributed by atoms with Gasteiger partial charge in [0.1, 0.15) is 11.5 Å². The van der Waals surface area contributed by atoms with Gasteiger partial charge in [0.05, 0.1) is 13.7 Å². The Kier molecular flexibility index (Phi) is 4.48. The zero-order chi connectivity index (χ0) is 11.1. The summed E-state index contributed by atoms with van der Waals surface area (Å²) in [6.45, 7) is 6.26. The summed E-state index contributed by atoms with van der Waals surface area (Å²) in [5.74, 6) is 1.67. The van der Waals surface area contributed by atoms with Crippen LogP contribution in [-0.4, -0.2) is 13.7 Å². The number of hydrogen-bond donors (Lipinski definition) is 0. The number of methoxy groups -OCH3 is 1. The molecule has 0 aliphatic carbocycles. The van der Waals surface area contributed by atoms with Crippen LogP contribution in [0.4, 0.5) is 0 Å². The Labute approximate surface area is 90.8 Å². The molecule has 0 saturated heterocycles. The van der Waals surface area contributed by atoms with Gasteiger partial charge in [0.25, 0.3) is 0 Å². The van der Waals surface area contributed by atoms with Gasteiger partial charge in [0.2, 0.25) is 0 Å². The van der Waals surface area contributed by atoms with Gasteiger partial charge in [-0.25, -0.2) is 0 Å². The monoisotopic (exact) mass is 204 g/mol. The van der Waals surface area contributed by atoms with Crippen LogP contribution in [-0.2, 0) is 4.74 Å². The van der Waals surface area contributed by atoms with Crippen molar-refractivity contribution in [3.63, 3.8) is 0 Å². The van der Waals surface area contributed by atoms with Crippen molar-refractivity contribution < 1.29 is 9.47 Å². The molecule has 1 rings (SSSR count). The highest BCUT2D eigenvalue weighted by Gasteiger charge is 2.00. The van der Waals surface area contributed by atoms with E-state index in [0.717, 1.165) is 17.1 Å². The first-order valence-electron chi connectivity index (χ1n) is 4.91. The van der Waals surface area contributed by atoms with Crippen molar-refractivity contribution in [3.8, 4) is 5.75 Å². The molecule has 1 aromatic rings. The van der Waals surface area contributed by atoms with E-state index in [-0.39, 0.29) is 0 Å². The van der Waals surface area contributed by atoms with Gasteiger partial charge in [0, 0.05) is 5.56 Å². The van der Waals surface area contributed by atoms with Crippen molar-refractivity contribution in [1.29, 1.82) is 0 Å². The molecule has 0 aliphatic heterocycles. The average molecular weight is 204 g/mol. The molecule has 0 bridgehead atoms. The Hall–Kier alpha value is -1.70. The molecule has 0 aromatic heterocycles. The molecule has 0 fully saturated rings. The van der Waals surface area contributed by atoms with E-state index in [0.29, 0.717) is 6.61 Å². The van der Waals surface area contributed by atoms with E-state index < -0.39 is 0 Å². The number of benzene rings is 1. The van der Waals surface area contributed by atoms with Gasteiger partial charge in [-0.2, -0.15) is 0 Å². The molecular formula is C13H16O2. The third-order valence-corrected chi connectivity index (χ3v) is 1.94. The lowest BCUT2D eigenvalue weighted by Crippen LogP contribution is -1.91. The topological polar surface area (TPSA) is 18.5 Å². The third-order valence-electron chi connectivity index (χ3n) is 1.94. The first kappa shape index (κ1) is 11.4. The van der Waals surface area contributed by atoms with Crippen LogP contribution in [0.15, 0.2) is 43.0 Å². The number of rotatable bonds is 5. The average Bonchev–Trinajstić information content (AvgIpc) is 2.29. The Bertz CT molecular complexity index is 336. The molecule has 0 radical (unpaired) electrons. The summed E-state index contributed by atoms with van der Waals surface area (Å²) in [7, 11) is 1.65. The van der Waals surface area contributed by atoms with Crippen molar-refractivity contribution >= 4 is 5.76 Å². The first-order valence-corrected chi connectivity index (χ1v) is 4.91. The van der Waals surface area contributed by atoms with Gasteiger partial charge < -0.3 is 9.47 Å². The molecule has 0 heterocycles. The van der Waals surface area contributed by atoms with E-state index in [4.69, 9.17) is 9.47 Å². The second kappa shape index (κ2) is 5.91. The van der Waals surface area contributed by atoms with Crippen LogP contribution < -0.4 is 4.74 Å². The van der Waals surface area contributed by atoms with Gasteiger partial charge in [-0.15, -0.1) is 0 Å². The molecule has 0 unspecified atom stereocenters. The summed E-state index contributed by atoms with van der Waals surface area (Å²) in [6.07, 6.45) is 3.57. The van der Waals surface area contributed by atoms with Gasteiger partial charge in [-0.05, 0) is 37.3 Å². The van der Waals surface area contributed by atoms with E-state index in [1.165, 1.54) is 0 Å². The highest BCUT2D eigenvalue weighted by Crippen LogP contribution is 2.19. The number of ether oxygens (including phenoxy) is 2. The minimum absolute atomic E-state index is 0.645. The molecule has 1 aromatic carbocycles. The summed E-state index contributed by atoms with van der Waals surface area (Å²) >= 11 is 0. The molecule has 0 aliphatic rings. The minimum Gasteiger partial charge on any atom is -0.497 e. The molecule has 0 amide bonds. The van der Waals surface area contributed by atoms with E-state index in [2.05, 4.69) is 6.58 Å². The highest BCUT2D eigenvalue weighted by atomic mass is 16.5. The molecule has 0 atom stereocenters. The van der Waals surface area contributed by atoms with Crippen LogP contribution in [0.3, 0.4) is 0 Å². The molecule has 0 N–H and O–H groups in total. The standard InChI is InChI=1S/C13H16O2/c1-4-6-13(15-5-2)11-7-9-12(14-3)10-8-11/h4,6-10H,1,5H2,2-3H3/b13-6+. The summed E-state index contributed by atoms with van der Waals surface area (Å²) in [5.41, 5.74) is 1.03. The summed E-state index contributed by atoms with van der Waals surface area (Å²) in [5, 5.41) is 0. The minimum atomic E-state index is 0.645. The molecule has 0 spiro atoms. The van der Waals surface area contributed by atoms with Crippen LogP contribution in [0.2, 0.25) is 0 Å². The molecule has 2 heteroatoms. The van der Waals surface area contributed by atoms with Gasteiger partial charge >= 0.3 is 0 Å². The van der Waals surface area contributed by atoms with E-state index >= 15 is 0 Å². The predicted molar refractivity (Wildman–Crippen MR) is 62.8 cm³/mol. The van der Waals surface area contributed by atoms with Crippen LogP contribution in [0.1, 0.15) is 12.5 Å². The third kappa shape index (κ3) is 3.17. The van der Waals surface area contributed by atoms with Crippen LogP contribution in [0, 0.1) is 0 Å². The lowest BCUT2D eigenvalue weighted by atomic mass is 10.1. The van der Waals surface area contributed by atoms with Crippen LogP contribution in [0.5, 0.6) is 5.75 Å². The lowest BCUT2D eigenvalue weighted by Gasteiger charge is -2.08. The van der Waals surface area contributed by atoms with Crippen LogP contribution in [0.25, 0.3) is 5.76 Å². The Morgan fingerprint density at radius 2 is 2.00 bits per heavy atom. The summed E-state index contributed by atoms with van der Waals surface area (Å²) in [6, 6.07) is 7.74. The van der Waals surface area contributed by atoms with E-state index in [1.807, 2.05) is 37.3 Å². The zero-order valence-electron chi connectivity index (χ0n) is 9.19. The van der Waals surface area contributed by atoms with Crippen molar-refractivity contribution in [3.05, 3.63) is 48.6 Å². The fourth-order valence-corrected chi connectivity index (χ4v) is 1.25. The maximum atomic E-state index is 5.49. The van der Waals surface area contributed by atoms with Gasteiger partial charge in [-0.1, -0.05) is 12.7 Å². The number of allylic oxidation sites excluding steroid dienone is 2. The molecule has 80 valence electrons. The number of hydrogen-bond acceptors (Lipinski definition) is 2. The Morgan fingerprint density at radius 3 is 2.47 bits per heavy atom. The van der Waals surface area contributed by atoms with Gasteiger partial charge in [0.15, 0.2) is 0 Å². The van der Waals surface area contributed by atoms with E-state index in [9.17, 15) is 0 Å². The zero-order valence-corrected chi connectivity index (χ0v) is 9.19. The quantitative estimate of drug-likeness (QED) is 0.541. The van der Waals surface area contributed by atoms with Crippen LogP contribution >= 0.6 is 0 Å². The molecule has 2 nitrogen and oxygen atoms in total. The second-order valence-electron chi connectivity index (χ2n) is 2.93. The Morgan fingerprint density at radius 1 is 1.33 bits per heavy atom. The second-order valence-corrected chi connectivity index (χ2v) is 2.93. The van der Waals surface area contributed by atoms with E-state index in [1.54, 1.807) is 13.2 Å². The summed E-state index contributed by atoms with van der Waals surface area (Å²) in [4.78, 5) is 0. The van der Waals surface area contributed by atoms with Gasteiger partial charge in [-0.3, -0.25) is 0 Å². The van der Waals surface area contributed by atoms with Crippen molar-refractivity contribution in [2.45, 2.75) is 6.92 Å². The predicted octanol–water partition coefficient (Wildman–Crippen LogP) is 3.26. The maximum Gasteiger partial charge on any atom is 0.126 e. The molecular weight excluding hydrogens is 188 g/mol. The SMILES string of the molecule is C=C/C=C(/OCC)c1ccc(OC)cc1. The first-order chi connectivity index (χ1) is 7.31. The fourth-order valence-electron chi connectivity index (χ4n) is 1.25.